The summed E-state index contributed by atoms with van der Waals surface area (Å²) in [5.74, 6) is -0.122. The lowest BCUT2D eigenvalue weighted by Crippen LogP contribution is -2.28. The molecule has 232 valence electrons. The number of hydrogen-bond acceptors (Lipinski definition) is 7. The van der Waals surface area contributed by atoms with Crippen molar-refractivity contribution >= 4 is 89.5 Å². The Bertz CT molecular complexity index is 1980. The van der Waals surface area contributed by atoms with Gasteiger partial charge in [-0.15, -0.1) is 0 Å². The van der Waals surface area contributed by atoms with E-state index in [0.717, 1.165) is 16.7 Å². The molecule has 1 fully saturated rings. The second-order valence-corrected chi connectivity index (χ2v) is 14.4. The number of amides is 1. The van der Waals surface area contributed by atoms with Crippen molar-refractivity contribution in [1.29, 1.82) is 0 Å². The minimum Gasteiger partial charge on any atom is -0.490 e. The van der Waals surface area contributed by atoms with Gasteiger partial charge in [-0.05, 0) is 127 Å². The molecule has 1 aliphatic rings. The van der Waals surface area contributed by atoms with E-state index >= 15 is 0 Å². The predicted molar refractivity (Wildman–Crippen MR) is 187 cm³/mol. The van der Waals surface area contributed by atoms with Crippen molar-refractivity contribution in [3.63, 3.8) is 0 Å². The number of halogens is 3. The normalized spacial score (nSPS) is 15.3. The Kier molecular flexibility index (Phi) is 10.0. The molecule has 5 rings (SSSR count). The molecule has 0 saturated carbocycles. The van der Waals surface area contributed by atoms with E-state index in [4.69, 9.17) is 37.1 Å². The van der Waals surface area contributed by atoms with E-state index in [9.17, 15) is 13.2 Å². The Hall–Kier alpha value is -3.28. The van der Waals surface area contributed by atoms with Crippen LogP contribution in [0.1, 0.15) is 29.2 Å². The number of nitrogens with zero attached hydrogens (tertiary/aromatic N) is 2. The van der Waals surface area contributed by atoms with Gasteiger partial charge in [0.15, 0.2) is 16.7 Å². The molecule has 0 radical (unpaired) electrons. The predicted octanol–water partition coefficient (Wildman–Crippen LogP) is 9.66. The molecule has 0 atom stereocenters. The molecular weight excluding hydrogens is 719 g/mol. The number of thioether (sulfide) groups is 1. The van der Waals surface area contributed by atoms with Crippen LogP contribution in [0.2, 0.25) is 10.0 Å². The van der Waals surface area contributed by atoms with Crippen molar-refractivity contribution in [2.24, 2.45) is 4.99 Å². The monoisotopic (exact) mass is 744 g/mol. The molecule has 0 unspecified atom stereocenters. The van der Waals surface area contributed by atoms with Gasteiger partial charge in [0.05, 0.1) is 27.4 Å². The van der Waals surface area contributed by atoms with E-state index in [1.165, 1.54) is 28.8 Å². The first kappa shape index (κ1) is 33.1. The van der Waals surface area contributed by atoms with Crippen LogP contribution >= 0.6 is 50.9 Å². The van der Waals surface area contributed by atoms with Gasteiger partial charge in [-0.25, -0.2) is 4.99 Å². The number of benzene rings is 4. The van der Waals surface area contributed by atoms with E-state index in [0.29, 0.717) is 41.5 Å². The minimum atomic E-state index is -4.15. The van der Waals surface area contributed by atoms with Gasteiger partial charge in [0, 0.05) is 10.0 Å². The van der Waals surface area contributed by atoms with Crippen LogP contribution in [0.4, 0.5) is 11.4 Å². The molecular formula is C33H27BrCl2N2O5S2. The Morgan fingerprint density at radius 1 is 0.933 bits per heavy atom. The Morgan fingerprint density at radius 3 is 2.24 bits per heavy atom. The highest BCUT2D eigenvalue weighted by molar-refractivity contribution is 9.10. The van der Waals surface area contributed by atoms with Gasteiger partial charge >= 0.3 is 10.1 Å². The average Bonchev–Trinajstić information content (AvgIpc) is 3.28. The zero-order chi connectivity index (χ0) is 32.5. The van der Waals surface area contributed by atoms with Crippen LogP contribution in [-0.2, 0) is 14.9 Å². The maximum atomic E-state index is 13.9. The van der Waals surface area contributed by atoms with Crippen LogP contribution < -0.4 is 13.8 Å². The van der Waals surface area contributed by atoms with Gasteiger partial charge in [-0.1, -0.05) is 53.0 Å². The maximum Gasteiger partial charge on any atom is 0.339 e. The van der Waals surface area contributed by atoms with Crippen molar-refractivity contribution in [3.8, 4) is 11.5 Å². The molecule has 0 spiro atoms. The summed E-state index contributed by atoms with van der Waals surface area (Å²) in [5.41, 5.74) is 4.42. The summed E-state index contributed by atoms with van der Waals surface area (Å²) in [6.45, 7) is 7.67. The summed E-state index contributed by atoms with van der Waals surface area (Å²) in [7, 11) is -4.15. The van der Waals surface area contributed by atoms with Gasteiger partial charge in [0.1, 0.15) is 4.90 Å². The summed E-state index contributed by atoms with van der Waals surface area (Å²) in [6, 6.07) is 20.4. The van der Waals surface area contributed by atoms with Crippen LogP contribution in [0.15, 0.2) is 92.1 Å². The number of carbonyl (C=O) groups excluding carboxylic acids is 1. The minimum absolute atomic E-state index is 0.000554. The fourth-order valence-corrected chi connectivity index (χ4v) is 7.24. The van der Waals surface area contributed by atoms with Crippen molar-refractivity contribution in [2.75, 3.05) is 11.5 Å². The number of carbonyl (C=O) groups is 1. The molecule has 0 bridgehead atoms. The largest absolute Gasteiger partial charge is 0.490 e. The Labute approximate surface area is 285 Å². The van der Waals surface area contributed by atoms with Crippen LogP contribution in [0.5, 0.6) is 11.5 Å². The highest BCUT2D eigenvalue weighted by atomic mass is 79.9. The third kappa shape index (κ3) is 7.42. The lowest BCUT2D eigenvalue weighted by atomic mass is 10.1. The molecule has 0 N–H and O–H groups in total. The topological polar surface area (TPSA) is 85.3 Å². The molecule has 1 aliphatic heterocycles. The molecule has 1 amide bonds. The summed E-state index contributed by atoms with van der Waals surface area (Å²) in [4.78, 5) is 20.5. The fraction of sp³-hybridized carbons (Fsp3) is 0.152. The number of anilines is 1. The van der Waals surface area contributed by atoms with Crippen molar-refractivity contribution in [2.45, 2.75) is 32.6 Å². The second-order valence-electron chi connectivity index (χ2n) is 10.1. The van der Waals surface area contributed by atoms with E-state index in [2.05, 4.69) is 15.9 Å². The van der Waals surface area contributed by atoms with Gasteiger partial charge in [-0.3, -0.25) is 9.69 Å². The number of ether oxygens (including phenoxy) is 1. The first-order valence-electron chi connectivity index (χ1n) is 13.7. The molecule has 7 nitrogen and oxygen atoms in total. The maximum absolute atomic E-state index is 13.9. The fourth-order valence-electron chi connectivity index (χ4n) is 4.29. The molecule has 12 heteroatoms. The Balaban J connectivity index is 1.55. The number of amidine groups is 1. The molecule has 45 heavy (non-hydrogen) atoms. The first-order valence-corrected chi connectivity index (χ1v) is 17.5. The third-order valence-electron chi connectivity index (χ3n) is 6.73. The van der Waals surface area contributed by atoms with E-state index in [-0.39, 0.29) is 28.9 Å². The van der Waals surface area contributed by atoms with E-state index < -0.39 is 10.1 Å². The summed E-state index contributed by atoms with van der Waals surface area (Å²) in [5, 5.41) is 1.49. The smallest absolute Gasteiger partial charge is 0.339 e. The second kappa shape index (κ2) is 13.6. The molecule has 0 aromatic heterocycles. The first-order chi connectivity index (χ1) is 21.4. The molecule has 0 aliphatic carbocycles. The lowest BCUT2D eigenvalue weighted by Gasteiger charge is -2.17. The molecule has 4 aromatic carbocycles. The number of hydrogen-bond donors (Lipinski definition) is 0. The van der Waals surface area contributed by atoms with Crippen LogP contribution in [0.25, 0.3) is 6.08 Å². The van der Waals surface area contributed by atoms with Gasteiger partial charge in [0.2, 0.25) is 0 Å². The van der Waals surface area contributed by atoms with Gasteiger partial charge in [0.25, 0.3) is 5.91 Å². The quantitative estimate of drug-likeness (QED) is 0.132. The number of rotatable bonds is 8. The van der Waals surface area contributed by atoms with Crippen LogP contribution in [0, 0.1) is 20.8 Å². The van der Waals surface area contributed by atoms with Crippen molar-refractivity contribution < 1.29 is 22.1 Å². The summed E-state index contributed by atoms with van der Waals surface area (Å²) in [6.07, 6.45) is 1.69. The lowest BCUT2D eigenvalue weighted by molar-refractivity contribution is -0.113. The zero-order valence-electron chi connectivity index (χ0n) is 24.6. The molecule has 1 saturated heterocycles. The van der Waals surface area contributed by atoms with E-state index in [1.54, 1.807) is 49.4 Å². The average molecular weight is 747 g/mol. The van der Waals surface area contributed by atoms with Crippen LogP contribution in [0.3, 0.4) is 0 Å². The molecule has 4 aromatic rings. The van der Waals surface area contributed by atoms with Crippen molar-refractivity contribution in [1.82, 2.24) is 0 Å². The van der Waals surface area contributed by atoms with Gasteiger partial charge < -0.3 is 8.92 Å². The number of aliphatic imine (C=N–C) groups is 1. The highest BCUT2D eigenvalue weighted by Crippen LogP contribution is 2.42. The SMILES string of the molecule is CCOc1cc(/C=C2/SC(=Nc3ccc(C)c(Cl)c3)N(c3ccc(C)c(Cl)c3)C2=O)cc(Br)c1OS(=O)(=O)c1ccc(C)cc1. The third-order valence-corrected chi connectivity index (χ3v) is 10.3. The highest BCUT2D eigenvalue weighted by Gasteiger charge is 2.35. The standard InChI is InChI=1S/C33H27BrCl2N2O5S2/c1-5-42-29-15-22(14-26(34)31(29)43-45(40,41)25-12-6-19(2)7-13-25)16-30-32(39)38(24-11-9-21(4)28(36)18-24)33(44-30)37-23-10-8-20(3)27(35)17-23/h6-18H,5H2,1-4H3/b30-16+,37-33?. The van der Waals surface area contributed by atoms with Gasteiger partial charge in [-0.2, -0.15) is 8.42 Å². The van der Waals surface area contributed by atoms with Crippen molar-refractivity contribution in [3.05, 3.63) is 114 Å². The zero-order valence-corrected chi connectivity index (χ0v) is 29.3. The number of aryl methyl sites for hydroxylation is 3. The van der Waals surface area contributed by atoms with E-state index in [1.807, 2.05) is 45.0 Å². The summed E-state index contributed by atoms with van der Waals surface area (Å²) >= 11 is 17.4. The van der Waals surface area contributed by atoms with Crippen LogP contribution in [-0.4, -0.2) is 26.1 Å². The molecule has 1 heterocycles. The Morgan fingerprint density at radius 2 is 1.60 bits per heavy atom. The summed E-state index contributed by atoms with van der Waals surface area (Å²) < 4.78 is 37.8.